The van der Waals surface area contributed by atoms with Crippen molar-refractivity contribution in [2.75, 3.05) is 19.5 Å². The molecule has 0 saturated carbocycles. The summed E-state index contributed by atoms with van der Waals surface area (Å²) in [5, 5.41) is 0. The number of thioether (sulfide) groups is 1. The van der Waals surface area contributed by atoms with E-state index in [1.807, 2.05) is 0 Å². The average Bonchev–Trinajstić information content (AvgIpc) is 2.01. The maximum absolute atomic E-state index is 5.07. The Labute approximate surface area is 81.3 Å². The molecule has 0 aliphatic heterocycles. The van der Waals surface area contributed by atoms with E-state index in [0.717, 1.165) is 13.0 Å². The van der Waals surface area contributed by atoms with Gasteiger partial charge >= 0.3 is 0 Å². The van der Waals surface area contributed by atoms with Gasteiger partial charge in [-0.25, -0.2) is 0 Å². The lowest BCUT2D eigenvalue weighted by Crippen LogP contribution is -2.17. The smallest absolute Gasteiger partial charge is 0.0475 e. The molecule has 0 radical (unpaired) electrons. The molecule has 0 fully saturated rings. The standard InChI is InChI=1S/C10H22OS/c1-5-6-9-12-10(2,3)7-8-11-4/h5-9H2,1-4H3. The number of hydrogen-bond acceptors (Lipinski definition) is 2. The van der Waals surface area contributed by atoms with Gasteiger partial charge in [0.15, 0.2) is 0 Å². The van der Waals surface area contributed by atoms with Gasteiger partial charge in [0, 0.05) is 18.5 Å². The highest BCUT2D eigenvalue weighted by molar-refractivity contribution is 8.00. The van der Waals surface area contributed by atoms with E-state index in [4.69, 9.17) is 4.74 Å². The van der Waals surface area contributed by atoms with Crippen LogP contribution >= 0.6 is 11.8 Å². The van der Waals surface area contributed by atoms with E-state index in [1.54, 1.807) is 7.11 Å². The van der Waals surface area contributed by atoms with Gasteiger partial charge in [-0.15, -0.1) is 0 Å². The summed E-state index contributed by atoms with van der Waals surface area (Å²) in [5.41, 5.74) is 0. The predicted molar refractivity (Wildman–Crippen MR) is 57.9 cm³/mol. The zero-order chi connectivity index (χ0) is 9.45. The summed E-state index contributed by atoms with van der Waals surface area (Å²) in [6.45, 7) is 7.72. The van der Waals surface area contributed by atoms with E-state index in [2.05, 4.69) is 32.5 Å². The average molecular weight is 190 g/mol. The van der Waals surface area contributed by atoms with E-state index in [9.17, 15) is 0 Å². The van der Waals surface area contributed by atoms with Crippen LogP contribution in [0.15, 0.2) is 0 Å². The van der Waals surface area contributed by atoms with Crippen molar-refractivity contribution in [2.45, 2.75) is 44.8 Å². The van der Waals surface area contributed by atoms with Crippen LogP contribution in [0, 0.1) is 0 Å². The van der Waals surface area contributed by atoms with Gasteiger partial charge in [-0.2, -0.15) is 11.8 Å². The summed E-state index contributed by atoms with van der Waals surface area (Å²) < 4.78 is 5.46. The van der Waals surface area contributed by atoms with Crippen molar-refractivity contribution in [2.24, 2.45) is 0 Å². The van der Waals surface area contributed by atoms with Crippen molar-refractivity contribution in [3.63, 3.8) is 0 Å². The largest absolute Gasteiger partial charge is 0.385 e. The SMILES string of the molecule is CCCCSC(C)(C)CCOC. The molecule has 0 unspecified atom stereocenters. The van der Waals surface area contributed by atoms with Crippen molar-refractivity contribution < 1.29 is 4.74 Å². The summed E-state index contributed by atoms with van der Waals surface area (Å²) in [7, 11) is 1.77. The highest BCUT2D eigenvalue weighted by Gasteiger charge is 2.16. The van der Waals surface area contributed by atoms with E-state index in [-0.39, 0.29) is 0 Å². The molecule has 0 heterocycles. The Morgan fingerprint density at radius 2 is 2.00 bits per heavy atom. The number of hydrogen-bond donors (Lipinski definition) is 0. The minimum absolute atomic E-state index is 0.394. The van der Waals surface area contributed by atoms with Crippen LogP contribution in [-0.2, 0) is 4.74 Å². The molecule has 0 bridgehead atoms. The van der Waals surface area contributed by atoms with Crippen LogP contribution < -0.4 is 0 Å². The van der Waals surface area contributed by atoms with Gasteiger partial charge in [0.1, 0.15) is 0 Å². The normalized spacial score (nSPS) is 12.0. The Hall–Kier alpha value is 0.310. The maximum atomic E-state index is 5.07. The molecule has 12 heavy (non-hydrogen) atoms. The summed E-state index contributed by atoms with van der Waals surface area (Å²) in [5.74, 6) is 1.28. The Morgan fingerprint density at radius 1 is 1.33 bits per heavy atom. The lowest BCUT2D eigenvalue weighted by molar-refractivity contribution is 0.187. The van der Waals surface area contributed by atoms with Crippen molar-refractivity contribution in [3.8, 4) is 0 Å². The highest BCUT2D eigenvalue weighted by atomic mass is 32.2. The number of rotatable bonds is 7. The van der Waals surface area contributed by atoms with Gasteiger partial charge in [-0.05, 0) is 18.6 Å². The number of ether oxygens (including phenoxy) is 1. The first-order valence-electron chi connectivity index (χ1n) is 4.75. The molecule has 0 aliphatic rings. The van der Waals surface area contributed by atoms with Crippen LogP contribution in [0.3, 0.4) is 0 Å². The molecular weight excluding hydrogens is 168 g/mol. The first kappa shape index (κ1) is 12.3. The van der Waals surface area contributed by atoms with Crippen LogP contribution in [0.4, 0.5) is 0 Å². The minimum Gasteiger partial charge on any atom is -0.385 e. The lowest BCUT2D eigenvalue weighted by Gasteiger charge is -2.23. The molecule has 0 N–H and O–H groups in total. The van der Waals surface area contributed by atoms with Crippen LogP contribution in [-0.4, -0.2) is 24.2 Å². The molecule has 0 aromatic heterocycles. The van der Waals surface area contributed by atoms with E-state index in [0.29, 0.717) is 4.75 Å². The fourth-order valence-corrected chi connectivity index (χ4v) is 2.13. The van der Waals surface area contributed by atoms with E-state index in [1.165, 1.54) is 18.6 Å². The molecule has 1 nitrogen and oxygen atoms in total. The third-order valence-corrected chi connectivity index (χ3v) is 3.38. The van der Waals surface area contributed by atoms with Crippen molar-refractivity contribution >= 4 is 11.8 Å². The Bertz CT molecular complexity index is 102. The highest BCUT2D eigenvalue weighted by Crippen LogP contribution is 2.28. The molecular formula is C10H22OS. The second-order valence-electron chi connectivity index (χ2n) is 3.70. The predicted octanol–water partition coefficient (Wildman–Crippen LogP) is 3.33. The van der Waals surface area contributed by atoms with Crippen LogP contribution in [0.1, 0.15) is 40.0 Å². The molecule has 0 atom stereocenters. The third kappa shape index (κ3) is 6.99. The van der Waals surface area contributed by atoms with Gasteiger partial charge < -0.3 is 4.74 Å². The van der Waals surface area contributed by atoms with Crippen LogP contribution in [0.25, 0.3) is 0 Å². The van der Waals surface area contributed by atoms with Gasteiger partial charge in [0.05, 0.1) is 0 Å². The molecule has 0 saturated heterocycles. The zero-order valence-corrected chi connectivity index (χ0v) is 9.67. The van der Waals surface area contributed by atoms with Crippen molar-refractivity contribution in [1.29, 1.82) is 0 Å². The maximum Gasteiger partial charge on any atom is 0.0475 e. The Balaban J connectivity index is 3.42. The number of methoxy groups -OCH3 is 1. The van der Waals surface area contributed by atoms with Gasteiger partial charge in [0.2, 0.25) is 0 Å². The minimum atomic E-state index is 0.394. The quantitative estimate of drug-likeness (QED) is 0.569. The van der Waals surface area contributed by atoms with Gasteiger partial charge in [-0.1, -0.05) is 27.2 Å². The van der Waals surface area contributed by atoms with Gasteiger partial charge in [-0.3, -0.25) is 0 Å². The first-order valence-corrected chi connectivity index (χ1v) is 5.74. The molecule has 2 heteroatoms. The molecule has 74 valence electrons. The Kier molecular flexibility index (Phi) is 6.96. The summed E-state index contributed by atoms with van der Waals surface area (Å²) >= 11 is 2.06. The molecule has 0 aromatic carbocycles. The fourth-order valence-electron chi connectivity index (χ4n) is 0.913. The van der Waals surface area contributed by atoms with Crippen LogP contribution in [0.5, 0.6) is 0 Å². The molecule has 0 aliphatic carbocycles. The van der Waals surface area contributed by atoms with Gasteiger partial charge in [0.25, 0.3) is 0 Å². The molecule has 0 aromatic rings. The van der Waals surface area contributed by atoms with E-state index < -0.39 is 0 Å². The lowest BCUT2D eigenvalue weighted by atomic mass is 10.1. The molecule has 0 rings (SSSR count). The number of unbranched alkanes of at least 4 members (excludes halogenated alkanes) is 1. The molecule has 0 amide bonds. The second-order valence-corrected chi connectivity index (χ2v) is 5.51. The summed E-state index contributed by atoms with van der Waals surface area (Å²) in [6.07, 6.45) is 3.78. The zero-order valence-electron chi connectivity index (χ0n) is 8.85. The monoisotopic (exact) mass is 190 g/mol. The van der Waals surface area contributed by atoms with Crippen LogP contribution in [0.2, 0.25) is 0 Å². The van der Waals surface area contributed by atoms with Crippen molar-refractivity contribution in [1.82, 2.24) is 0 Å². The third-order valence-electron chi connectivity index (χ3n) is 1.90. The fraction of sp³-hybridized carbons (Fsp3) is 1.00. The topological polar surface area (TPSA) is 9.23 Å². The van der Waals surface area contributed by atoms with E-state index >= 15 is 0 Å². The molecule has 0 spiro atoms. The summed E-state index contributed by atoms with van der Waals surface area (Å²) in [6, 6.07) is 0. The second kappa shape index (κ2) is 6.79. The first-order chi connectivity index (χ1) is 5.62. The van der Waals surface area contributed by atoms with Crippen molar-refractivity contribution in [3.05, 3.63) is 0 Å². The summed E-state index contributed by atoms with van der Waals surface area (Å²) in [4.78, 5) is 0. The Morgan fingerprint density at radius 3 is 2.50 bits per heavy atom.